The van der Waals surface area contributed by atoms with Gasteiger partial charge < -0.3 is 30.6 Å². The van der Waals surface area contributed by atoms with Crippen LogP contribution in [0.2, 0.25) is 0 Å². The number of aliphatic hydroxyl groups is 4. The van der Waals surface area contributed by atoms with Gasteiger partial charge in [0.25, 0.3) is 0 Å². The first-order valence-corrected chi connectivity index (χ1v) is 9.01. The predicted octanol–water partition coefficient (Wildman–Crippen LogP) is 1.49. The van der Waals surface area contributed by atoms with Gasteiger partial charge in [-0.15, -0.1) is 0 Å². The summed E-state index contributed by atoms with van der Waals surface area (Å²) >= 11 is 0. The lowest BCUT2D eigenvalue weighted by Crippen LogP contribution is -2.37. The lowest BCUT2D eigenvalue weighted by Gasteiger charge is -2.23. The summed E-state index contributed by atoms with van der Waals surface area (Å²) in [5, 5.41) is 50.4. The van der Waals surface area contributed by atoms with Crippen LogP contribution in [0.5, 0.6) is 0 Å². The first-order chi connectivity index (χ1) is 12.1. The van der Waals surface area contributed by atoms with Crippen LogP contribution in [-0.2, 0) is 9.59 Å². The highest BCUT2D eigenvalue weighted by Gasteiger charge is 2.26. The fourth-order valence-electron chi connectivity index (χ4n) is 1.49. The van der Waals surface area contributed by atoms with E-state index in [0.717, 1.165) is 32.1 Å². The minimum absolute atomic E-state index is 0.318. The first-order valence-electron chi connectivity index (χ1n) is 9.01. The van der Waals surface area contributed by atoms with Crippen LogP contribution >= 0.6 is 0 Å². The molecular formula is C18H38O8. The van der Waals surface area contributed by atoms with Crippen molar-refractivity contribution in [1.82, 2.24) is 0 Å². The van der Waals surface area contributed by atoms with Crippen LogP contribution in [0.25, 0.3) is 0 Å². The zero-order valence-electron chi connectivity index (χ0n) is 16.4. The van der Waals surface area contributed by atoms with Gasteiger partial charge in [0.2, 0.25) is 0 Å². The van der Waals surface area contributed by atoms with E-state index in [4.69, 9.17) is 30.6 Å². The van der Waals surface area contributed by atoms with Gasteiger partial charge in [-0.1, -0.05) is 40.0 Å². The highest BCUT2D eigenvalue weighted by molar-refractivity contribution is 5.66. The van der Waals surface area contributed by atoms with Crippen molar-refractivity contribution in [2.45, 2.75) is 65.7 Å². The SMILES string of the molecule is CC(C)CCCC(=O)O.CCCCCC(=O)O.OCC(CO)(CO)CO. The zero-order chi connectivity index (χ0) is 21.0. The molecule has 0 fully saturated rings. The standard InChI is InChI=1S/C7H14O2.C6H12O2.C5H12O4/c1-6(2)4-3-5-7(8)9;1-2-3-4-5-6(7)8;6-1-5(2-7,3-8)4-9/h6H,3-5H2,1-2H3,(H,8,9);2-5H2,1H3,(H,7,8);6-9H,1-4H2. The topological polar surface area (TPSA) is 156 Å². The molecule has 0 amide bonds. The van der Waals surface area contributed by atoms with Gasteiger partial charge in [-0.3, -0.25) is 9.59 Å². The maximum Gasteiger partial charge on any atom is 0.303 e. The van der Waals surface area contributed by atoms with Crippen LogP contribution in [0.1, 0.15) is 65.7 Å². The maximum atomic E-state index is 9.98. The number of aliphatic hydroxyl groups excluding tert-OH is 4. The van der Waals surface area contributed by atoms with Gasteiger partial charge in [0.05, 0.1) is 31.8 Å². The molecule has 0 aromatic heterocycles. The van der Waals surface area contributed by atoms with Crippen LogP contribution in [0.4, 0.5) is 0 Å². The molecule has 0 aromatic carbocycles. The van der Waals surface area contributed by atoms with E-state index in [-0.39, 0.29) is 0 Å². The Bertz CT molecular complexity index is 310. The molecule has 0 saturated heterocycles. The molecule has 158 valence electrons. The van der Waals surface area contributed by atoms with Crippen molar-refractivity contribution in [2.24, 2.45) is 11.3 Å². The third-order valence-corrected chi connectivity index (χ3v) is 3.51. The highest BCUT2D eigenvalue weighted by Crippen LogP contribution is 2.11. The van der Waals surface area contributed by atoms with Crippen LogP contribution in [0.15, 0.2) is 0 Å². The second-order valence-electron chi connectivity index (χ2n) is 6.66. The highest BCUT2D eigenvalue weighted by atomic mass is 16.4. The lowest BCUT2D eigenvalue weighted by molar-refractivity contribution is -0.138. The van der Waals surface area contributed by atoms with Crippen molar-refractivity contribution in [3.8, 4) is 0 Å². The summed E-state index contributed by atoms with van der Waals surface area (Å²) in [5.74, 6) is -0.738. The molecule has 0 bridgehead atoms. The molecular weight excluding hydrogens is 344 g/mol. The Kier molecular flexibility index (Phi) is 22.8. The Balaban J connectivity index is -0.000000306. The molecule has 0 atom stereocenters. The predicted molar refractivity (Wildman–Crippen MR) is 98.9 cm³/mol. The molecule has 8 heteroatoms. The number of hydrogen-bond donors (Lipinski definition) is 6. The fourth-order valence-corrected chi connectivity index (χ4v) is 1.49. The van der Waals surface area contributed by atoms with Gasteiger partial charge in [-0.05, 0) is 18.8 Å². The fraction of sp³-hybridized carbons (Fsp3) is 0.889. The first kappa shape index (κ1) is 29.5. The van der Waals surface area contributed by atoms with Crippen molar-refractivity contribution >= 4 is 11.9 Å². The summed E-state index contributed by atoms with van der Waals surface area (Å²) in [6.07, 6.45) is 5.43. The Labute approximate surface area is 156 Å². The molecule has 0 unspecified atom stereocenters. The Hall–Kier alpha value is -1.22. The summed E-state index contributed by atoms with van der Waals surface area (Å²) in [7, 11) is 0. The molecule has 0 aliphatic carbocycles. The third-order valence-electron chi connectivity index (χ3n) is 3.51. The monoisotopic (exact) mass is 382 g/mol. The molecule has 0 aliphatic heterocycles. The summed E-state index contributed by atoms with van der Waals surface area (Å²) in [5.41, 5.74) is -1.11. The molecule has 26 heavy (non-hydrogen) atoms. The summed E-state index contributed by atoms with van der Waals surface area (Å²) in [4.78, 5) is 19.9. The van der Waals surface area contributed by atoms with Crippen molar-refractivity contribution < 1.29 is 40.2 Å². The van der Waals surface area contributed by atoms with E-state index < -0.39 is 43.8 Å². The normalized spacial score (nSPS) is 10.5. The molecule has 0 heterocycles. The van der Waals surface area contributed by atoms with Gasteiger partial charge in [0.1, 0.15) is 0 Å². The van der Waals surface area contributed by atoms with Crippen molar-refractivity contribution in [2.75, 3.05) is 26.4 Å². The third kappa shape index (κ3) is 22.8. The van der Waals surface area contributed by atoms with E-state index >= 15 is 0 Å². The molecule has 0 aliphatic rings. The smallest absolute Gasteiger partial charge is 0.303 e. The molecule has 0 aromatic rings. The Morgan fingerprint density at radius 1 is 0.769 bits per heavy atom. The van der Waals surface area contributed by atoms with E-state index in [1.165, 1.54) is 0 Å². The molecule has 0 saturated carbocycles. The Morgan fingerprint density at radius 2 is 1.15 bits per heavy atom. The molecule has 8 nitrogen and oxygen atoms in total. The Morgan fingerprint density at radius 3 is 1.38 bits per heavy atom. The summed E-state index contributed by atoms with van der Waals surface area (Å²) in [6.45, 7) is 4.63. The van der Waals surface area contributed by atoms with Gasteiger partial charge in [0, 0.05) is 12.8 Å². The number of unbranched alkanes of at least 4 members (excludes halogenated alkanes) is 2. The van der Waals surface area contributed by atoms with Gasteiger partial charge >= 0.3 is 11.9 Å². The van der Waals surface area contributed by atoms with Gasteiger partial charge in [-0.2, -0.15) is 0 Å². The molecule has 0 rings (SSSR count). The van der Waals surface area contributed by atoms with Gasteiger partial charge in [0.15, 0.2) is 0 Å². The number of aliphatic carboxylic acids is 2. The molecule has 0 spiro atoms. The van der Waals surface area contributed by atoms with Crippen molar-refractivity contribution in [3.05, 3.63) is 0 Å². The molecule has 0 radical (unpaired) electrons. The maximum absolute atomic E-state index is 9.98. The number of hydrogen-bond acceptors (Lipinski definition) is 6. The minimum atomic E-state index is -1.11. The number of carboxylic acid groups (broad SMARTS) is 2. The van der Waals surface area contributed by atoms with E-state index in [1.54, 1.807) is 0 Å². The average molecular weight is 382 g/mol. The number of rotatable bonds is 12. The molecule has 6 N–H and O–H groups in total. The van der Waals surface area contributed by atoms with Crippen molar-refractivity contribution in [3.63, 3.8) is 0 Å². The van der Waals surface area contributed by atoms with Crippen LogP contribution in [0.3, 0.4) is 0 Å². The zero-order valence-corrected chi connectivity index (χ0v) is 16.4. The van der Waals surface area contributed by atoms with E-state index in [1.807, 2.05) is 0 Å². The van der Waals surface area contributed by atoms with E-state index in [2.05, 4.69) is 20.8 Å². The average Bonchev–Trinajstić information content (AvgIpc) is 2.58. The summed E-state index contributed by atoms with van der Waals surface area (Å²) in [6, 6.07) is 0. The number of carbonyl (C=O) groups is 2. The second-order valence-corrected chi connectivity index (χ2v) is 6.66. The van der Waals surface area contributed by atoms with Crippen LogP contribution in [0, 0.1) is 11.3 Å². The van der Waals surface area contributed by atoms with E-state index in [9.17, 15) is 9.59 Å². The van der Waals surface area contributed by atoms with Crippen LogP contribution < -0.4 is 0 Å². The number of carboxylic acids is 2. The summed E-state index contributed by atoms with van der Waals surface area (Å²) < 4.78 is 0. The quantitative estimate of drug-likeness (QED) is 0.277. The van der Waals surface area contributed by atoms with Gasteiger partial charge in [-0.25, -0.2) is 0 Å². The minimum Gasteiger partial charge on any atom is -0.481 e. The van der Waals surface area contributed by atoms with Crippen molar-refractivity contribution in [1.29, 1.82) is 0 Å². The van der Waals surface area contributed by atoms with E-state index in [0.29, 0.717) is 18.8 Å². The lowest BCUT2D eigenvalue weighted by atomic mass is 9.93. The van der Waals surface area contributed by atoms with Crippen LogP contribution in [-0.4, -0.2) is 69.0 Å². The largest absolute Gasteiger partial charge is 0.481 e. The second kappa shape index (κ2) is 20.1.